The molecular formula is C18H15F3N4O3. The number of halogens is 3. The molecule has 1 aromatic heterocycles. The summed E-state index contributed by atoms with van der Waals surface area (Å²) in [7, 11) is 0. The zero-order chi connectivity index (χ0) is 20.5. The van der Waals surface area contributed by atoms with Crippen LogP contribution in [-0.4, -0.2) is 21.9 Å². The molecule has 0 aliphatic carbocycles. The van der Waals surface area contributed by atoms with Gasteiger partial charge in [-0.3, -0.25) is 15.0 Å². The van der Waals surface area contributed by atoms with Crippen LogP contribution >= 0.6 is 0 Å². The SMILES string of the molecule is Cc1ccc(CC(=O)Nn2c(N)nc3cc(OC(F)(F)F)ccc3c2=O)cc1. The average molecular weight is 392 g/mol. The van der Waals surface area contributed by atoms with Crippen molar-refractivity contribution < 1.29 is 22.7 Å². The molecule has 1 amide bonds. The number of nitrogens with two attached hydrogens (primary N) is 1. The van der Waals surface area contributed by atoms with Crippen molar-refractivity contribution in [2.24, 2.45) is 0 Å². The maximum absolute atomic E-state index is 12.5. The van der Waals surface area contributed by atoms with Crippen LogP contribution in [-0.2, 0) is 11.2 Å². The number of nitrogens with zero attached hydrogens (tertiary/aromatic N) is 2. The third-order valence-electron chi connectivity index (χ3n) is 3.82. The molecule has 3 aromatic rings. The number of hydrogen-bond donors (Lipinski definition) is 2. The topological polar surface area (TPSA) is 99.2 Å². The van der Waals surface area contributed by atoms with Gasteiger partial charge >= 0.3 is 6.36 Å². The maximum Gasteiger partial charge on any atom is 0.573 e. The Morgan fingerprint density at radius 3 is 2.54 bits per heavy atom. The minimum absolute atomic E-state index is 0.00254. The van der Waals surface area contributed by atoms with Gasteiger partial charge in [0.2, 0.25) is 11.9 Å². The number of anilines is 1. The second-order valence-electron chi connectivity index (χ2n) is 6.03. The smallest absolute Gasteiger partial charge is 0.406 e. The van der Waals surface area contributed by atoms with Crippen molar-refractivity contribution in [2.45, 2.75) is 19.7 Å². The van der Waals surface area contributed by atoms with Crippen molar-refractivity contribution in [2.75, 3.05) is 11.2 Å². The number of fused-ring (bicyclic) bond motifs is 1. The lowest BCUT2D eigenvalue weighted by atomic mass is 10.1. The third kappa shape index (κ3) is 4.40. The standard InChI is InChI=1S/C18H15F3N4O3/c1-10-2-4-11(5-3-10)8-15(26)24-25-16(27)13-7-6-12(28-18(19,20)21)9-14(13)23-17(25)22/h2-7,9H,8H2,1H3,(H2,22,23)(H,24,26). The Hall–Kier alpha value is -3.56. The van der Waals surface area contributed by atoms with Gasteiger partial charge in [-0.2, -0.15) is 4.68 Å². The number of amides is 1. The lowest BCUT2D eigenvalue weighted by molar-refractivity contribution is -0.274. The molecule has 146 valence electrons. The Morgan fingerprint density at radius 2 is 1.89 bits per heavy atom. The number of aryl methyl sites for hydroxylation is 1. The van der Waals surface area contributed by atoms with Crippen LogP contribution in [0.5, 0.6) is 5.75 Å². The van der Waals surface area contributed by atoms with Crippen LogP contribution in [0.3, 0.4) is 0 Å². The monoisotopic (exact) mass is 392 g/mol. The highest BCUT2D eigenvalue weighted by Crippen LogP contribution is 2.25. The zero-order valence-corrected chi connectivity index (χ0v) is 14.6. The number of nitrogen functional groups attached to an aromatic ring is 1. The minimum Gasteiger partial charge on any atom is -0.406 e. The van der Waals surface area contributed by atoms with Gasteiger partial charge in [-0.05, 0) is 24.6 Å². The molecule has 0 unspecified atom stereocenters. The summed E-state index contributed by atoms with van der Waals surface area (Å²) in [5.41, 5.74) is 9.01. The van der Waals surface area contributed by atoms with Crippen molar-refractivity contribution in [3.63, 3.8) is 0 Å². The first-order chi connectivity index (χ1) is 13.1. The first kappa shape index (κ1) is 19.2. The summed E-state index contributed by atoms with van der Waals surface area (Å²) >= 11 is 0. The van der Waals surface area contributed by atoms with Gasteiger partial charge in [0.15, 0.2) is 0 Å². The van der Waals surface area contributed by atoms with Gasteiger partial charge in [0.05, 0.1) is 17.3 Å². The molecule has 3 N–H and O–H groups in total. The maximum atomic E-state index is 12.5. The molecule has 7 nitrogen and oxygen atoms in total. The Labute approximate surface area is 156 Å². The number of carbonyl (C=O) groups excluding carboxylic acids is 1. The summed E-state index contributed by atoms with van der Waals surface area (Å²) in [6, 6.07) is 10.3. The second-order valence-corrected chi connectivity index (χ2v) is 6.03. The molecule has 0 saturated carbocycles. The Kier molecular flexibility index (Phi) is 4.95. The largest absolute Gasteiger partial charge is 0.573 e. The number of benzene rings is 2. The molecule has 1 heterocycles. The predicted octanol–water partition coefficient (Wildman–Crippen LogP) is 2.50. The second kappa shape index (κ2) is 7.22. The highest BCUT2D eigenvalue weighted by atomic mass is 19.4. The quantitative estimate of drug-likeness (QED) is 0.711. The van der Waals surface area contributed by atoms with Gasteiger partial charge < -0.3 is 10.5 Å². The molecule has 0 aliphatic rings. The molecule has 0 saturated heterocycles. The van der Waals surface area contributed by atoms with E-state index in [1.165, 1.54) is 0 Å². The van der Waals surface area contributed by atoms with Crippen LogP contribution in [0.4, 0.5) is 19.1 Å². The van der Waals surface area contributed by atoms with Crippen molar-refractivity contribution in [1.82, 2.24) is 9.66 Å². The highest BCUT2D eigenvalue weighted by Gasteiger charge is 2.31. The van der Waals surface area contributed by atoms with Crippen molar-refractivity contribution in [3.05, 3.63) is 63.9 Å². The number of ether oxygens (including phenoxy) is 1. The molecule has 3 rings (SSSR count). The fourth-order valence-corrected chi connectivity index (χ4v) is 2.54. The van der Waals surface area contributed by atoms with E-state index in [1.807, 2.05) is 19.1 Å². The fraction of sp³-hybridized carbons (Fsp3) is 0.167. The van der Waals surface area contributed by atoms with Crippen molar-refractivity contribution in [3.8, 4) is 5.75 Å². The minimum atomic E-state index is -4.88. The summed E-state index contributed by atoms with van der Waals surface area (Å²) in [6.45, 7) is 1.91. The van der Waals surface area contributed by atoms with Gasteiger partial charge in [0.25, 0.3) is 5.56 Å². The van der Waals surface area contributed by atoms with Crippen LogP contribution in [0, 0.1) is 6.92 Å². The molecule has 0 fully saturated rings. The summed E-state index contributed by atoms with van der Waals surface area (Å²) in [6.07, 6.45) is -4.87. The summed E-state index contributed by atoms with van der Waals surface area (Å²) < 4.78 is 41.5. The number of carbonyl (C=O) groups is 1. The number of alkyl halides is 3. The number of aromatic nitrogens is 2. The van der Waals surface area contributed by atoms with E-state index in [0.29, 0.717) is 0 Å². The van der Waals surface area contributed by atoms with Crippen molar-refractivity contribution >= 4 is 22.8 Å². The number of nitrogens with one attached hydrogen (secondary N) is 1. The van der Waals surface area contributed by atoms with Crippen LogP contribution in [0.1, 0.15) is 11.1 Å². The molecule has 28 heavy (non-hydrogen) atoms. The van der Waals surface area contributed by atoms with Gasteiger partial charge in [-0.1, -0.05) is 29.8 Å². The number of rotatable bonds is 4. The van der Waals surface area contributed by atoms with E-state index >= 15 is 0 Å². The summed E-state index contributed by atoms with van der Waals surface area (Å²) in [5, 5.41) is -0.0284. The first-order valence-corrected chi connectivity index (χ1v) is 8.06. The average Bonchev–Trinajstić information content (AvgIpc) is 2.59. The normalized spacial score (nSPS) is 11.4. The van der Waals surface area contributed by atoms with Crippen LogP contribution in [0.15, 0.2) is 47.3 Å². The lowest BCUT2D eigenvalue weighted by Gasteiger charge is -2.13. The van der Waals surface area contributed by atoms with Gasteiger partial charge in [-0.15, -0.1) is 13.2 Å². The van der Waals surface area contributed by atoms with Crippen molar-refractivity contribution in [1.29, 1.82) is 0 Å². The van der Waals surface area contributed by atoms with Crippen LogP contribution in [0.25, 0.3) is 10.9 Å². The molecule has 0 aliphatic heterocycles. The van der Waals surface area contributed by atoms with E-state index in [1.54, 1.807) is 12.1 Å². The molecular weight excluding hydrogens is 377 g/mol. The van der Waals surface area contributed by atoms with E-state index in [-0.39, 0.29) is 23.3 Å². The molecule has 10 heteroatoms. The first-order valence-electron chi connectivity index (χ1n) is 8.06. The fourth-order valence-electron chi connectivity index (χ4n) is 2.54. The van der Waals surface area contributed by atoms with Gasteiger partial charge in [0, 0.05) is 6.07 Å². The van der Waals surface area contributed by atoms with E-state index < -0.39 is 23.6 Å². The Bertz CT molecular complexity index is 1090. The molecule has 0 bridgehead atoms. The van der Waals surface area contributed by atoms with Crippen LogP contribution in [0.2, 0.25) is 0 Å². The Morgan fingerprint density at radius 1 is 1.21 bits per heavy atom. The summed E-state index contributed by atoms with van der Waals surface area (Å²) in [5.74, 6) is -1.41. The highest BCUT2D eigenvalue weighted by molar-refractivity contribution is 5.87. The molecule has 0 radical (unpaired) electrons. The predicted molar refractivity (Wildman–Crippen MR) is 96.3 cm³/mol. The molecule has 2 aromatic carbocycles. The molecule has 0 spiro atoms. The van der Waals surface area contributed by atoms with Gasteiger partial charge in [-0.25, -0.2) is 4.98 Å². The van der Waals surface area contributed by atoms with Gasteiger partial charge in [0.1, 0.15) is 5.75 Å². The van der Waals surface area contributed by atoms with E-state index in [0.717, 1.165) is 34.0 Å². The van der Waals surface area contributed by atoms with E-state index in [4.69, 9.17) is 5.73 Å². The molecule has 0 atom stereocenters. The lowest BCUT2D eigenvalue weighted by Crippen LogP contribution is -2.36. The van der Waals surface area contributed by atoms with E-state index in [9.17, 15) is 22.8 Å². The third-order valence-corrected chi connectivity index (χ3v) is 3.82. The Balaban J connectivity index is 1.87. The number of hydrogen-bond acceptors (Lipinski definition) is 5. The van der Waals surface area contributed by atoms with Crippen LogP contribution < -0.4 is 21.5 Å². The zero-order valence-electron chi connectivity index (χ0n) is 14.6. The van der Waals surface area contributed by atoms with E-state index in [2.05, 4.69) is 15.1 Å². The summed E-state index contributed by atoms with van der Waals surface area (Å²) in [4.78, 5) is 28.6.